The van der Waals surface area contributed by atoms with Crippen molar-refractivity contribution in [1.29, 1.82) is 0 Å². The van der Waals surface area contributed by atoms with Crippen LogP contribution >= 0.6 is 0 Å². The smallest absolute Gasteiger partial charge is 0.408 e. The second-order valence-corrected chi connectivity index (χ2v) is 12.0. The topological polar surface area (TPSA) is 66.8 Å². The molecule has 0 saturated carbocycles. The molecule has 20 heavy (non-hydrogen) atoms. The van der Waals surface area contributed by atoms with E-state index in [2.05, 4.69) is 33.9 Å². The molecule has 1 N–H and O–H groups in total. The van der Waals surface area contributed by atoms with Crippen LogP contribution in [-0.2, 0) is 9.22 Å². The summed E-state index contributed by atoms with van der Waals surface area (Å²) in [6.45, 7) is 11.2. The molecule has 5 nitrogen and oxygen atoms in total. The van der Waals surface area contributed by atoms with Gasteiger partial charge in [-0.1, -0.05) is 20.8 Å². The van der Waals surface area contributed by atoms with Gasteiger partial charge in [-0.05, 0) is 37.4 Å². The molecule has 0 radical (unpaired) electrons. The average Bonchev–Trinajstić information content (AvgIpc) is 2.35. The van der Waals surface area contributed by atoms with E-state index in [9.17, 15) is 14.7 Å². The van der Waals surface area contributed by atoms with Gasteiger partial charge in [-0.15, -0.1) is 0 Å². The van der Waals surface area contributed by atoms with Crippen molar-refractivity contribution in [2.75, 3.05) is 13.2 Å². The maximum Gasteiger partial charge on any atom is 0.408 e. The highest BCUT2D eigenvalue weighted by atomic mass is 28.4. The molecule has 0 aliphatic carbocycles. The van der Waals surface area contributed by atoms with Crippen molar-refractivity contribution in [3.63, 3.8) is 0 Å². The molecule has 1 aliphatic rings. The second-order valence-electron chi connectivity index (χ2n) is 7.16. The lowest BCUT2D eigenvalue weighted by molar-refractivity contribution is -0.122. The summed E-state index contributed by atoms with van der Waals surface area (Å²) in [6.07, 6.45) is 1.96. The molecular weight excluding hydrogens is 274 g/mol. The van der Waals surface area contributed by atoms with Gasteiger partial charge in [0.2, 0.25) is 0 Å². The first-order valence-corrected chi connectivity index (χ1v) is 10.1. The molecule has 6 heteroatoms. The van der Waals surface area contributed by atoms with Crippen LogP contribution in [0.1, 0.15) is 40.0 Å². The van der Waals surface area contributed by atoms with Gasteiger partial charge < -0.3 is 14.3 Å². The van der Waals surface area contributed by atoms with Crippen LogP contribution in [0.5, 0.6) is 0 Å². The zero-order chi connectivity index (χ0) is 15.6. The lowest BCUT2D eigenvalue weighted by Crippen LogP contribution is -2.60. The molecule has 0 aromatic heterocycles. The Balaban J connectivity index is 2.89. The quantitative estimate of drug-likeness (QED) is 0.640. The summed E-state index contributed by atoms with van der Waals surface area (Å²) in [4.78, 5) is 24.2. The fourth-order valence-corrected chi connectivity index (χ4v) is 3.22. The molecule has 0 spiro atoms. The lowest BCUT2D eigenvalue weighted by Gasteiger charge is -2.45. The van der Waals surface area contributed by atoms with Crippen molar-refractivity contribution in [2.45, 2.75) is 63.7 Å². The molecule has 1 fully saturated rings. The third-order valence-electron chi connectivity index (χ3n) is 4.72. The van der Waals surface area contributed by atoms with E-state index in [-0.39, 0.29) is 11.6 Å². The van der Waals surface area contributed by atoms with E-state index in [4.69, 9.17) is 4.43 Å². The standard InChI is InChI=1S/C14H27NO4Si/c1-13(2,3)20(4,5)19-11-14(10-16)8-6-7-9-15(14)12(17)18/h10H,6-9,11H2,1-5H3,(H,17,18). The number of likely N-dealkylation sites (tertiary alicyclic amines) is 1. The number of piperidine rings is 1. The Kier molecular flexibility index (Phi) is 5.02. The van der Waals surface area contributed by atoms with Gasteiger partial charge in [0.05, 0.1) is 6.61 Å². The number of rotatable bonds is 4. The Morgan fingerprint density at radius 2 is 2.00 bits per heavy atom. The maximum atomic E-state index is 11.6. The summed E-state index contributed by atoms with van der Waals surface area (Å²) in [6, 6.07) is 0. The Morgan fingerprint density at radius 3 is 2.45 bits per heavy atom. The predicted molar refractivity (Wildman–Crippen MR) is 80.5 cm³/mol. The molecule has 1 unspecified atom stereocenters. The largest absolute Gasteiger partial charge is 0.465 e. The first kappa shape index (κ1) is 17.2. The van der Waals surface area contributed by atoms with Gasteiger partial charge in [0.1, 0.15) is 11.8 Å². The maximum absolute atomic E-state index is 11.6. The van der Waals surface area contributed by atoms with Crippen LogP contribution in [0.4, 0.5) is 4.79 Å². The first-order chi connectivity index (χ1) is 9.06. The van der Waals surface area contributed by atoms with E-state index in [1.807, 2.05) is 0 Å². The summed E-state index contributed by atoms with van der Waals surface area (Å²) in [5.74, 6) is 0. The molecule has 116 valence electrons. The third-order valence-corrected chi connectivity index (χ3v) is 9.20. The van der Waals surface area contributed by atoms with Crippen LogP contribution in [0, 0.1) is 0 Å². The van der Waals surface area contributed by atoms with Gasteiger partial charge in [-0.25, -0.2) is 4.79 Å². The fourth-order valence-electron chi connectivity index (χ4n) is 2.17. The summed E-state index contributed by atoms with van der Waals surface area (Å²) in [5.41, 5.74) is -1.00. The van der Waals surface area contributed by atoms with E-state index in [0.29, 0.717) is 13.0 Å². The number of hydrogen-bond acceptors (Lipinski definition) is 3. The lowest BCUT2D eigenvalue weighted by atomic mass is 9.89. The molecule has 1 aliphatic heterocycles. The molecular formula is C14H27NO4Si. The number of nitrogens with zero attached hydrogens (tertiary/aromatic N) is 1. The minimum atomic E-state index is -2.00. The van der Waals surface area contributed by atoms with Crippen molar-refractivity contribution in [1.82, 2.24) is 4.90 Å². The molecule has 1 heterocycles. The molecule has 0 aromatic rings. The Hall–Kier alpha value is -0.883. The van der Waals surface area contributed by atoms with Crippen LogP contribution in [-0.4, -0.2) is 49.4 Å². The first-order valence-electron chi connectivity index (χ1n) is 7.17. The second kappa shape index (κ2) is 5.85. The minimum absolute atomic E-state index is 0.0415. The van der Waals surface area contributed by atoms with Crippen LogP contribution in [0.15, 0.2) is 0 Å². The highest BCUT2D eigenvalue weighted by molar-refractivity contribution is 6.74. The summed E-state index contributed by atoms with van der Waals surface area (Å²) in [7, 11) is -2.00. The minimum Gasteiger partial charge on any atom is -0.465 e. The third kappa shape index (κ3) is 3.41. The summed E-state index contributed by atoms with van der Waals surface area (Å²) >= 11 is 0. The predicted octanol–water partition coefficient (Wildman–Crippen LogP) is 3.11. The fraction of sp³-hybridized carbons (Fsp3) is 0.857. The van der Waals surface area contributed by atoms with Crippen LogP contribution in [0.25, 0.3) is 0 Å². The van der Waals surface area contributed by atoms with Crippen LogP contribution < -0.4 is 0 Å². The van der Waals surface area contributed by atoms with Gasteiger partial charge in [-0.2, -0.15) is 0 Å². The normalized spacial score (nSPS) is 24.6. The summed E-state index contributed by atoms with van der Waals surface area (Å²) in [5, 5.41) is 9.36. The number of carbonyl (C=O) groups excluding carboxylic acids is 1. The molecule has 1 saturated heterocycles. The van der Waals surface area contributed by atoms with Crippen molar-refractivity contribution in [2.24, 2.45) is 0 Å². The van der Waals surface area contributed by atoms with E-state index in [1.165, 1.54) is 4.90 Å². The molecule has 0 aromatic carbocycles. The van der Waals surface area contributed by atoms with Crippen molar-refractivity contribution in [3.05, 3.63) is 0 Å². The highest BCUT2D eigenvalue weighted by Crippen LogP contribution is 2.38. The van der Waals surface area contributed by atoms with Crippen molar-refractivity contribution in [3.8, 4) is 0 Å². The van der Waals surface area contributed by atoms with Gasteiger partial charge in [-0.3, -0.25) is 4.90 Å². The monoisotopic (exact) mass is 301 g/mol. The van der Waals surface area contributed by atoms with Gasteiger partial charge in [0, 0.05) is 6.54 Å². The van der Waals surface area contributed by atoms with Gasteiger partial charge in [0.15, 0.2) is 8.32 Å². The van der Waals surface area contributed by atoms with E-state index >= 15 is 0 Å². The Bertz CT molecular complexity index is 378. The van der Waals surface area contributed by atoms with Crippen molar-refractivity contribution >= 4 is 20.7 Å². The number of amides is 1. The SMILES string of the molecule is CC(C)(C)[Si](C)(C)OCC1(C=O)CCCCN1C(=O)O. The molecule has 1 rings (SSSR count). The Labute approximate surface area is 122 Å². The van der Waals surface area contributed by atoms with E-state index in [0.717, 1.165) is 19.1 Å². The zero-order valence-electron chi connectivity index (χ0n) is 13.2. The average molecular weight is 301 g/mol. The highest BCUT2D eigenvalue weighted by Gasteiger charge is 2.45. The van der Waals surface area contributed by atoms with Crippen molar-refractivity contribution < 1.29 is 19.1 Å². The number of aldehydes is 1. The number of carboxylic acid groups (broad SMARTS) is 1. The summed E-state index contributed by atoms with van der Waals surface area (Å²) < 4.78 is 6.11. The molecule has 1 amide bonds. The Morgan fingerprint density at radius 1 is 1.40 bits per heavy atom. The van der Waals surface area contributed by atoms with E-state index in [1.54, 1.807) is 0 Å². The van der Waals surface area contributed by atoms with Gasteiger partial charge in [0.25, 0.3) is 0 Å². The molecule has 0 bridgehead atoms. The zero-order valence-corrected chi connectivity index (χ0v) is 14.2. The number of hydrogen-bond donors (Lipinski definition) is 1. The van der Waals surface area contributed by atoms with Gasteiger partial charge >= 0.3 is 6.09 Å². The van der Waals surface area contributed by atoms with Crippen LogP contribution in [0.2, 0.25) is 18.1 Å². The molecule has 1 atom stereocenters. The van der Waals surface area contributed by atoms with Crippen LogP contribution in [0.3, 0.4) is 0 Å². The number of carbonyl (C=O) groups is 2. The van der Waals surface area contributed by atoms with E-state index < -0.39 is 19.9 Å².